The molecule has 0 fully saturated rings. The summed E-state index contributed by atoms with van der Waals surface area (Å²) in [4.78, 5) is 35.8. The van der Waals surface area contributed by atoms with E-state index in [1.54, 1.807) is 52.8 Å². The second-order valence-corrected chi connectivity index (χ2v) is 6.77. The van der Waals surface area contributed by atoms with Crippen LogP contribution in [-0.4, -0.2) is 29.6 Å². The molecule has 3 amide bonds. The Balaban J connectivity index is 2.89. The van der Waals surface area contributed by atoms with Crippen LogP contribution in [0.5, 0.6) is 0 Å². The highest BCUT2D eigenvalue weighted by Gasteiger charge is 2.27. The number of amides is 3. The number of carbonyl (C=O) groups is 3. The minimum Gasteiger partial charge on any atom is -0.444 e. The Morgan fingerprint density at radius 2 is 1.71 bits per heavy atom. The zero-order valence-corrected chi connectivity index (χ0v) is 14.7. The number of nitrogens with two attached hydrogens (primary N) is 1. The number of hydrogen-bond donors (Lipinski definition) is 3. The molecule has 132 valence electrons. The summed E-state index contributed by atoms with van der Waals surface area (Å²) in [6.45, 7) is 8.80. The fourth-order valence-electron chi connectivity index (χ4n) is 1.99. The molecule has 1 aromatic carbocycles. The lowest BCUT2D eigenvalue weighted by Crippen LogP contribution is -2.48. The molecule has 1 aromatic rings. The summed E-state index contributed by atoms with van der Waals surface area (Å²) < 4.78 is 5.18. The van der Waals surface area contributed by atoms with Gasteiger partial charge in [0.2, 0.25) is 5.91 Å². The maximum absolute atomic E-state index is 12.5. The number of benzene rings is 1. The summed E-state index contributed by atoms with van der Waals surface area (Å²) in [5.74, 6) is -1.28. The van der Waals surface area contributed by atoms with Gasteiger partial charge in [0.1, 0.15) is 11.6 Å². The van der Waals surface area contributed by atoms with E-state index in [0.29, 0.717) is 5.69 Å². The molecule has 0 spiro atoms. The van der Waals surface area contributed by atoms with E-state index in [1.807, 2.05) is 0 Å². The summed E-state index contributed by atoms with van der Waals surface area (Å²) in [5, 5.41) is 5.18. The second-order valence-electron chi connectivity index (χ2n) is 6.77. The first-order chi connectivity index (χ1) is 11.0. The average Bonchev–Trinajstić information content (AvgIpc) is 2.42. The summed E-state index contributed by atoms with van der Waals surface area (Å²) >= 11 is 0. The number of alkyl carbamates (subject to hydrolysis) is 1. The summed E-state index contributed by atoms with van der Waals surface area (Å²) in [6.07, 6.45) is -0.681. The largest absolute Gasteiger partial charge is 0.444 e. The molecule has 7 nitrogen and oxygen atoms in total. The van der Waals surface area contributed by atoms with Crippen LogP contribution >= 0.6 is 0 Å². The van der Waals surface area contributed by atoms with E-state index in [2.05, 4.69) is 10.6 Å². The van der Waals surface area contributed by atoms with Crippen LogP contribution in [0, 0.1) is 5.92 Å². The molecule has 0 aliphatic carbocycles. The molecule has 0 aromatic heterocycles. The molecule has 4 N–H and O–H groups in total. The molecule has 7 heteroatoms. The van der Waals surface area contributed by atoms with E-state index < -0.39 is 29.6 Å². The first-order valence-electron chi connectivity index (χ1n) is 7.70. The van der Waals surface area contributed by atoms with Crippen LogP contribution in [0.3, 0.4) is 0 Å². The van der Waals surface area contributed by atoms with Crippen molar-refractivity contribution in [1.29, 1.82) is 0 Å². The Labute approximate surface area is 141 Å². The van der Waals surface area contributed by atoms with Gasteiger partial charge in [0.25, 0.3) is 5.91 Å². The minimum atomic E-state index is -0.819. The van der Waals surface area contributed by atoms with Crippen LogP contribution in [-0.2, 0) is 9.53 Å². The summed E-state index contributed by atoms with van der Waals surface area (Å²) in [7, 11) is 0. The maximum Gasteiger partial charge on any atom is 0.408 e. The Kier molecular flexibility index (Phi) is 6.34. The Morgan fingerprint density at radius 3 is 2.21 bits per heavy atom. The van der Waals surface area contributed by atoms with Gasteiger partial charge in [-0.15, -0.1) is 0 Å². The topological polar surface area (TPSA) is 111 Å². The number of primary amides is 1. The number of rotatable bonds is 5. The molecule has 0 saturated heterocycles. The Morgan fingerprint density at radius 1 is 1.12 bits per heavy atom. The van der Waals surface area contributed by atoms with E-state index in [4.69, 9.17) is 10.5 Å². The van der Waals surface area contributed by atoms with E-state index in [0.717, 1.165) is 0 Å². The van der Waals surface area contributed by atoms with Crippen LogP contribution in [0.25, 0.3) is 0 Å². The zero-order chi connectivity index (χ0) is 18.5. The minimum absolute atomic E-state index is 0.182. The number of nitrogens with one attached hydrogen (secondary N) is 2. The van der Waals surface area contributed by atoms with Gasteiger partial charge in [-0.05, 0) is 38.8 Å². The van der Waals surface area contributed by atoms with E-state index in [1.165, 1.54) is 6.07 Å². The third-order valence-electron chi connectivity index (χ3n) is 3.07. The van der Waals surface area contributed by atoms with Gasteiger partial charge in [-0.2, -0.15) is 0 Å². The molecule has 1 atom stereocenters. The highest BCUT2D eigenvalue weighted by molar-refractivity contribution is 6.04. The van der Waals surface area contributed by atoms with Crippen molar-refractivity contribution in [3.63, 3.8) is 0 Å². The normalized spacial score (nSPS) is 12.4. The highest BCUT2D eigenvalue weighted by atomic mass is 16.6. The van der Waals surface area contributed by atoms with Crippen molar-refractivity contribution in [3.05, 3.63) is 29.8 Å². The molecular weight excluding hydrogens is 310 g/mol. The Hall–Kier alpha value is -2.57. The van der Waals surface area contributed by atoms with Crippen molar-refractivity contribution in [2.45, 2.75) is 46.3 Å². The first-order valence-corrected chi connectivity index (χ1v) is 7.70. The number of hydrogen-bond acceptors (Lipinski definition) is 4. The quantitative estimate of drug-likeness (QED) is 0.766. The van der Waals surface area contributed by atoms with Crippen LogP contribution in [0.1, 0.15) is 45.0 Å². The lowest BCUT2D eigenvalue weighted by atomic mass is 10.0. The second kappa shape index (κ2) is 7.81. The smallest absolute Gasteiger partial charge is 0.408 e. The molecule has 0 saturated carbocycles. The van der Waals surface area contributed by atoms with Crippen molar-refractivity contribution >= 4 is 23.6 Å². The molecular formula is C17H25N3O4. The fraction of sp³-hybridized carbons (Fsp3) is 0.471. The van der Waals surface area contributed by atoms with E-state index in [9.17, 15) is 14.4 Å². The number of carbonyl (C=O) groups excluding carboxylic acids is 3. The lowest BCUT2D eigenvalue weighted by Gasteiger charge is -2.25. The van der Waals surface area contributed by atoms with Gasteiger partial charge in [0, 0.05) is 0 Å². The van der Waals surface area contributed by atoms with Gasteiger partial charge < -0.3 is 21.1 Å². The van der Waals surface area contributed by atoms with Crippen molar-refractivity contribution in [1.82, 2.24) is 5.32 Å². The molecule has 0 bridgehead atoms. The van der Waals surface area contributed by atoms with Gasteiger partial charge in [0.05, 0.1) is 11.3 Å². The van der Waals surface area contributed by atoms with Crippen LogP contribution in [0.15, 0.2) is 24.3 Å². The van der Waals surface area contributed by atoms with Crippen molar-refractivity contribution in [2.24, 2.45) is 11.7 Å². The molecule has 0 aliphatic heterocycles. The third-order valence-corrected chi connectivity index (χ3v) is 3.07. The SMILES string of the molecule is CC(C)[C@H](NC(=O)OC(C)(C)C)C(=O)Nc1ccccc1C(N)=O. The van der Waals surface area contributed by atoms with Gasteiger partial charge in [-0.1, -0.05) is 26.0 Å². The van der Waals surface area contributed by atoms with Crippen LogP contribution in [0.2, 0.25) is 0 Å². The van der Waals surface area contributed by atoms with Gasteiger partial charge in [0.15, 0.2) is 0 Å². The lowest BCUT2D eigenvalue weighted by molar-refractivity contribution is -0.119. The van der Waals surface area contributed by atoms with Crippen molar-refractivity contribution in [2.75, 3.05) is 5.32 Å². The van der Waals surface area contributed by atoms with Gasteiger partial charge in [-0.25, -0.2) is 4.79 Å². The van der Waals surface area contributed by atoms with Crippen molar-refractivity contribution in [3.8, 4) is 0 Å². The predicted molar refractivity (Wildman–Crippen MR) is 91.6 cm³/mol. The number of ether oxygens (including phenoxy) is 1. The predicted octanol–water partition coefficient (Wildman–Crippen LogP) is 2.27. The van der Waals surface area contributed by atoms with Crippen molar-refractivity contribution < 1.29 is 19.1 Å². The fourth-order valence-corrected chi connectivity index (χ4v) is 1.99. The molecule has 0 unspecified atom stereocenters. The molecule has 0 radical (unpaired) electrons. The first kappa shape index (κ1) is 19.5. The van der Waals surface area contributed by atoms with Crippen LogP contribution in [0.4, 0.5) is 10.5 Å². The molecule has 24 heavy (non-hydrogen) atoms. The highest BCUT2D eigenvalue weighted by Crippen LogP contribution is 2.16. The van der Waals surface area contributed by atoms with Gasteiger partial charge >= 0.3 is 6.09 Å². The van der Waals surface area contributed by atoms with E-state index in [-0.39, 0.29) is 11.5 Å². The molecule has 0 aliphatic rings. The monoisotopic (exact) mass is 335 g/mol. The standard InChI is InChI=1S/C17H25N3O4/c1-10(2)13(20-16(23)24-17(3,4)5)15(22)19-12-9-7-6-8-11(12)14(18)21/h6-10,13H,1-5H3,(H2,18,21)(H,19,22)(H,20,23)/t13-/m0/s1. The number of anilines is 1. The number of para-hydroxylation sites is 1. The van der Waals surface area contributed by atoms with Crippen LogP contribution < -0.4 is 16.4 Å². The average molecular weight is 335 g/mol. The summed E-state index contributed by atoms with van der Waals surface area (Å²) in [5.41, 5.74) is 5.13. The molecule has 1 rings (SSSR count). The van der Waals surface area contributed by atoms with E-state index >= 15 is 0 Å². The van der Waals surface area contributed by atoms with Gasteiger partial charge in [-0.3, -0.25) is 9.59 Å². The third kappa shape index (κ3) is 5.91. The Bertz CT molecular complexity index is 621. The summed E-state index contributed by atoms with van der Waals surface area (Å²) in [6, 6.07) is 5.59. The maximum atomic E-state index is 12.5. The zero-order valence-electron chi connectivity index (χ0n) is 14.7. The molecule has 0 heterocycles.